The van der Waals surface area contributed by atoms with E-state index >= 15 is 0 Å². The van der Waals surface area contributed by atoms with Crippen molar-refractivity contribution in [3.8, 4) is 0 Å². The monoisotopic (exact) mass is 297 g/mol. The van der Waals surface area contributed by atoms with Gasteiger partial charge in [0.05, 0.1) is 6.61 Å². The zero-order chi connectivity index (χ0) is 15.5. The summed E-state index contributed by atoms with van der Waals surface area (Å²) in [5.41, 5.74) is -0.325. The van der Waals surface area contributed by atoms with Gasteiger partial charge in [-0.25, -0.2) is 0 Å². The Balaban J connectivity index is 1.97. The van der Waals surface area contributed by atoms with Crippen LogP contribution in [-0.4, -0.2) is 48.8 Å². The molecule has 4 nitrogen and oxygen atoms in total. The molecule has 2 saturated heterocycles. The van der Waals surface area contributed by atoms with Gasteiger partial charge >= 0.3 is 5.97 Å². The minimum absolute atomic E-state index is 0.356. The number of hydrogen-bond donors (Lipinski definition) is 1. The van der Waals surface area contributed by atoms with Crippen molar-refractivity contribution in [2.45, 2.75) is 52.9 Å². The molecule has 2 aliphatic rings. The fraction of sp³-hybridized carbons (Fsp3) is 0.941. The number of carbonyl (C=O) groups is 1. The summed E-state index contributed by atoms with van der Waals surface area (Å²) in [7, 11) is 0. The Kier molecular flexibility index (Phi) is 5.31. The first-order valence-corrected chi connectivity index (χ1v) is 8.37. The Hall–Kier alpha value is -0.610. The second-order valence-electron chi connectivity index (χ2n) is 8.01. The van der Waals surface area contributed by atoms with Crippen LogP contribution in [-0.2, 0) is 9.53 Å². The van der Waals surface area contributed by atoms with E-state index in [1.54, 1.807) is 0 Å². The molecule has 2 unspecified atom stereocenters. The molecule has 0 radical (unpaired) electrons. The molecule has 21 heavy (non-hydrogen) atoms. The quantitative estimate of drug-likeness (QED) is 0.870. The van der Waals surface area contributed by atoms with Gasteiger partial charge in [0.25, 0.3) is 0 Å². The maximum absolute atomic E-state index is 11.8. The molecular weight excluding hydrogens is 266 g/mol. The zero-order valence-corrected chi connectivity index (χ0v) is 13.9. The third-order valence-electron chi connectivity index (χ3n) is 5.35. The summed E-state index contributed by atoms with van der Waals surface area (Å²) in [5.74, 6) is 0.0599. The Morgan fingerprint density at radius 3 is 2.62 bits per heavy atom. The van der Waals surface area contributed by atoms with Gasteiger partial charge in [-0.05, 0) is 56.5 Å². The number of aliphatic carboxylic acids is 1. The van der Waals surface area contributed by atoms with Gasteiger partial charge in [-0.3, -0.25) is 4.79 Å². The Morgan fingerprint density at radius 1 is 1.29 bits per heavy atom. The summed E-state index contributed by atoms with van der Waals surface area (Å²) in [6, 6.07) is 0. The number of carboxylic acids is 1. The van der Waals surface area contributed by atoms with Crippen LogP contribution in [0.2, 0.25) is 0 Å². The average Bonchev–Trinajstić information content (AvgIpc) is 2.65. The highest BCUT2D eigenvalue weighted by atomic mass is 16.5. The number of nitrogens with zero attached hydrogens (tertiary/aromatic N) is 1. The van der Waals surface area contributed by atoms with Crippen molar-refractivity contribution >= 4 is 5.97 Å². The molecule has 122 valence electrons. The third-order valence-corrected chi connectivity index (χ3v) is 5.35. The lowest BCUT2D eigenvalue weighted by Gasteiger charge is -2.37. The van der Waals surface area contributed by atoms with Crippen LogP contribution >= 0.6 is 0 Å². The molecule has 2 fully saturated rings. The molecule has 0 spiro atoms. The summed E-state index contributed by atoms with van der Waals surface area (Å²) in [4.78, 5) is 14.1. The largest absolute Gasteiger partial charge is 0.481 e. The SMILES string of the molecule is CC(C)(C)C1CCCN(CC2(C(=O)O)CCCOC2)CC1. The van der Waals surface area contributed by atoms with Crippen LogP contribution in [0.15, 0.2) is 0 Å². The summed E-state index contributed by atoms with van der Waals surface area (Å²) in [6.07, 6.45) is 5.24. The maximum atomic E-state index is 11.8. The lowest BCUT2D eigenvalue weighted by Crippen LogP contribution is -2.48. The number of likely N-dealkylation sites (tertiary alicyclic amines) is 1. The van der Waals surface area contributed by atoms with Crippen molar-refractivity contribution in [1.29, 1.82) is 0 Å². The summed E-state index contributed by atoms with van der Waals surface area (Å²) < 4.78 is 5.49. The highest BCUT2D eigenvalue weighted by Crippen LogP contribution is 2.36. The molecule has 0 aromatic heterocycles. The minimum Gasteiger partial charge on any atom is -0.481 e. The van der Waals surface area contributed by atoms with E-state index in [2.05, 4.69) is 25.7 Å². The van der Waals surface area contributed by atoms with Crippen LogP contribution in [0.3, 0.4) is 0 Å². The number of ether oxygens (including phenoxy) is 1. The molecule has 0 aliphatic carbocycles. The maximum Gasteiger partial charge on any atom is 0.313 e. The first kappa shape index (κ1) is 16.8. The van der Waals surface area contributed by atoms with E-state index in [0.717, 1.165) is 31.8 Å². The van der Waals surface area contributed by atoms with Crippen LogP contribution in [0.4, 0.5) is 0 Å². The third kappa shape index (κ3) is 4.19. The Labute approximate surface area is 128 Å². The molecule has 0 bridgehead atoms. The lowest BCUT2D eigenvalue weighted by atomic mass is 9.76. The van der Waals surface area contributed by atoms with Gasteiger partial charge in [0.15, 0.2) is 0 Å². The van der Waals surface area contributed by atoms with E-state index < -0.39 is 11.4 Å². The van der Waals surface area contributed by atoms with E-state index in [9.17, 15) is 9.90 Å². The molecule has 2 aliphatic heterocycles. The van der Waals surface area contributed by atoms with E-state index in [-0.39, 0.29) is 0 Å². The smallest absolute Gasteiger partial charge is 0.313 e. The molecule has 0 aromatic carbocycles. The van der Waals surface area contributed by atoms with E-state index in [1.807, 2.05) is 0 Å². The Bertz CT molecular complexity index is 356. The van der Waals surface area contributed by atoms with Gasteiger partial charge in [0.1, 0.15) is 5.41 Å². The summed E-state index contributed by atoms with van der Waals surface area (Å²) in [6.45, 7) is 10.8. The molecule has 0 aromatic rings. The van der Waals surface area contributed by atoms with Gasteiger partial charge in [0.2, 0.25) is 0 Å². The highest BCUT2D eigenvalue weighted by Gasteiger charge is 2.42. The molecule has 1 N–H and O–H groups in total. The van der Waals surface area contributed by atoms with Crippen molar-refractivity contribution < 1.29 is 14.6 Å². The zero-order valence-electron chi connectivity index (χ0n) is 13.9. The van der Waals surface area contributed by atoms with Gasteiger partial charge in [-0.2, -0.15) is 0 Å². The van der Waals surface area contributed by atoms with Crippen molar-refractivity contribution in [1.82, 2.24) is 4.90 Å². The predicted octanol–water partition coefficient (Wildman–Crippen LogP) is 3.02. The van der Waals surface area contributed by atoms with Crippen LogP contribution in [0, 0.1) is 16.7 Å². The molecule has 2 heterocycles. The fourth-order valence-electron chi connectivity index (χ4n) is 3.82. The summed E-state index contributed by atoms with van der Waals surface area (Å²) in [5, 5.41) is 9.66. The molecule has 2 rings (SSSR count). The van der Waals surface area contributed by atoms with E-state index in [4.69, 9.17) is 4.74 Å². The van der Waals surface area contributed by atoms with Gasteiger partial charge < -0.3 is 14.7 Å². The van der Waals surface area contributed by atoms with Crippen LogP contribution in [0.25, 0.3) is 0 Å². The molecule has 0 saturated carbocycles. The predicted molar refractivity (Wildman–Crippen MR) is 83.4 cm³/mol. The molecule has 4 heteroatoms. The fourth-order valence-corrected chi connectivity index (χ4v) is 3.82. The molecular formula is C17H31NO3. The van der Waals surface area contributed by atoms with Crippen molar-refractivity contribution in [2.75, 3.05) is 32.8 Å². The minimum atomic E-state index is -0.682. The van der Waals surface area contributed by atoms with E-state index in [0.29, 0.717) is 25.2 Å². The second kappa shape index (κ2) is 6.66. The van der Waals surface area contributed by atoms with Crippen LogP contribution in [0.5, 0.6) is 0 Å². The van der Waals surface area contributed by atoms with Crippen LogP contribution < -0.4 is 0 Å². The standard InChI is InChI=1S/C17H31NO3/c1-16(2,3)14-6-4-9-18(10-7-14)12-17(15(19)20)8-5-11-21-13-17/h14H,4-13H2,1-3H3,(H,19,20). The first-order valence-electron chi connectivity index (χ1n) is 8.37. The van der Waals surface area contributed by atoms with Crippen molar-refractivity contribution in [3.63, 3.8) is 0 Å². The number of carboxylic acid groups (broad SMARTS) is 1. The molecule has 2 atom stereocenters. The Morgan fingerprint density at radius 2 is 2.05 bits per heavy atom. The topological polar surface area (TPSA) is 49.8 Å². The second-order valence-corrected chi connectivity index (χ2v) is 8.01. The number of hydrogen-bond acceptors (Lipinski definition) is 3. The average molecular weight is 297 g/mol. The summed E-state index contributed by atoms with van der Waals surface area (Å²) >= 11 is 0. The normalized spacial score (nSPS) is 32.6. The van der Waals surface area contributed by atoms with Crippen molar-refractivity contribution in [2.24, 2.45) is 16.7 Å². The van der Waals surface area contributed by atoms with Gasteiger partial charge in [-0.1, -0.05) is 20.8 Å². The number of rotatable bonds is 3. The van der Waals surface area contributed by atoms with Gasteiger partial charge in [-0.15, -0.1) is 0 Å². The van der Waals surface area contributed by atoms with E-state index in [1.165, 1.54) is 19.3 Å². The lowest BCUT2D eigenvalue weighted by molar-refractivity contribution is -0.159. The highest BCUT2D eigenvalue weighted by molar-refractivity contribution is 5.75. The van der Waals surface area contributed by atoms with Crippen LogP contribution in [0.1, 0.15) is 52.9 Å². The first-order chi connectivity index (χ1) is 9.83. The van der Waals surface area contributed by atoms with Crippen molar-refractivity contribution in [3.05, 3.63) is 0 Å². The molecule has 0 amide bonds. The van der Waals surface area contributed by atoms with Gasteiger partial charge in [0, 0.05) is 13.2 Å².